The summed E-state index contributed by atoms with van der Waals surface area (Å²) in [6, 6.07) is 5.36. The average molecular weight is 340 g/mol. The Morgan fingerprint density at radius 3 is 2.22 bits per heavy atom. The Hall–Kier alpha value is -1.97. The molecule has 2 heterocycles. The molecule has 3 rings (SSSR count). The predicted octanol–water partition coefficient (Wildman–Crippen LogP) is 0.151. The first-order valence-corrected chi connectivity index (χ1v) is 8.64. The highest BCUT2D eigenvalue weighted by molar-refractivity contribution is 7.89. The number of hydrogen-bond donors (Lipinski definition) is 3. The normalized spacial score (nSPS) is 29.4. The van der Waals surface area contributed by atoms with Crippen molar-refractivity contribution in [1.82, 2.24) is 0 Å². The quantitative estimate of drug-likeness (QED) is 0.714. The van der Waals surface area contributed by atoms with Gasteiger partial charge in [0.05, 0.1) is 28.9 Å². The first-order chi connectivity index (χ1) is 10.8. The van der Waals surface area contributed by atoms with Crippen LogP contribution in [0.3, 0.4) is 0 Å². The van der Waals surface area contributed by atoms with Gasteiger partial charge in [-0.3, -0.25) is 9.59 Å². The lowest BCUT2D eigenvalue weighted by Gasteiger charge is -2.23. The van der Waals surface area contributed by atoms with E-state index in [0.717, 1.165) is 0 Å². The fourth-order valence-electron chi connectivity index (χ4n) is 3.28. The van der Waals surface area contributed by atoms with E-state index >= 15 is 0 Å². The van der Waals surface area contributed by atoms with E-state index in [1.165, 1.54) is 24.3 Å². The van der Waals surface area contributed by atoms with Crippen molar-refractivity contribution in [3.05, 3.63) is 24.3 Å². The van der Waals surface area contributed by atoms with Crippen LogP contribution in [-0.4, -0.2) is 37.6 Å². The molecule has 1 amide bonds. The number of fused-ring (bicyclic) bond motifs is 2. The SMILES string of the molecule is NS(=O)(=O)c1ccc(NC(=O)[C@H]2[C@@H](C(=O)O)[C@H]3CC[C@@H]2O3)cc1. The molecule has 124 valence electrons. The van der Waals surface area contributed by atoms with Crippen molar-refractivity contribution >= 4 is 27.6 Å². The van der Waals surface area contributed by atoms with Gasteiger partial charge in [0.25, 0.3) is 0 Å². The van der Waals surface area contributed by atoms with E-state index in [2.05, 4.69) is 5.32 Å². The number of carbonyl (C=O) groups is 2. The van der Waals surface area contributed by atoms with E-state index in [1.807, 2.05) is 0 Å². The van der Waals surface area contributed by atoms with Gasteiger partial charge in [0.2, 0.25) is 15.9 Å². The largest absolute Gasteiger partial charge is 0.481 e. The zero-order valence-corrected chi connectivity index (χ0v) is 12.8. The Balaban J connectivity index is 1.75. The Bertz CT molecular complexity index is 745. The number of rotatable bonds is 4. The molecule has 1 aromatic carbocycles. The summed E-state index contributed by atoms with van der Waals surface area (Å²) in [4.78, 5) is 23.7. The highest BCUT2D eigenvalue weighted by atomic mass is 32.2. The second-order valence-electron chi connectivity index (χ2n) is 5.74. The molecular formula is C14H16N2O6S. The summed E-state index contributed by atoms with van der Waals surface area (Å²) in [5.41, 5.74) is 0.370. The van der Waals surface area contributed by atoms with Crippen LogP contribution in [0, 0.1) is 11.8 Å². The van der Waals surface area contributed by atoms with Crippen molar-refractivity contribution in [2.75, 3.05) is 5.32 Å². The molecule has 8 nitrogen and oxygen atoms in total. The Morgan fingerprint density at radius 2 is 1.70 bits per heavy atom. The summed E-state index contributed by atoms with van der Waals surface area (Å²) in [7, 11) is -3.80. The number of carboxylic acid groups (broad SMARTS) is 1. The van der Waals surface area contributed by atoms with Crippen molar-refractivity contribution in [3.63, 3.8) is 0 Å². The molecule has 2 fully saturated rings. The maximum Gasteiger partial charge on any atom is 0.310 e. The third kappa shape index (κ3) is 2.94. The molecule has 2 aliphatic heterocycles. The van der Waals surface area contributed by atoms with Gasteiger partial charge in [-0.05, 0) is 37.1 Å². The van der Waals surface area contributed by atoms with Crippen LogP contribution < -0.4 is 10.5 Å². The zero-order valence-electron chi connectivity index (χ0n) is 12.0. The zero-order chi connectivity index (χ0) is 16.8. The lowest BCUT2D eigenvalue weighted by molar-refractivity contribution is -0.147. The van der Waals surface area contributed by atoms with Gasteiger partial charge in [0.15, 0.2) is 0 Å². The van der Waals surface area contributed by atoms with E-state index in [1.54, 1.807) is 0 Å². The minimum Gasteiger partial charge on any atom is -0.481 e. The van der Waals surface area contributed by atoms with Crippen molar-refractivity contribution < 1.29 is 27.9 Å². The van der Waals surface area contributed by atoms with Gasteiger partial charge in [0, 0.05) is 5.69 Å². The predicted molar refractivity (Wildman–Crippen MR) is 79.0 cm³/mol. The van der Waals surface area contributed by atoms with Gasteiger partial charge < -0.3 is 15.2 Å². The fourth-order valence-corrected chi connectivity index (χ4v) is 3.79. The van der Waals surface area contributed by atoms with Crippen LogP contribution in [0.4, 0.5) is 5.69 Å². The summed E-state index contributed by atoms with van der Waals surface area (Å²) in [5.74, 6) is -3.07. The van der Waals surface area contributed by atoms with Crippen molar-refractivity contribution in [2.24, 2.45) is 17.0 Å². The number of carbonyl (C=O) groups excluding carboxylic acids is 1. The molecule has 0 saturated carbocycles. The Labute approximate surface area is 132 Å². The number of hydrogen-bond acceptors (Lipinski definition) is 5. The minimum absolute atomic E-state index is 0.0674. The van der Waals surface area contributed by atoms with Crippen LogP contribution in [0.5, 0.6) is 0 Å². The van der Waals surface area contributed by atoms with Crippen LogP contribution >= 0.6 is 0 Å². The molecule has 9 heteroatoms. The second-order valence-corrected chi connectivity index (χ2v) is 7.30. The number of anilines is 1. The number of nitrogens with two attached hydrogens (primary N) is 1. The van der Waals surface area contributed by atoms with Gasteiger partial charge in [-0.2, -0.15) is 0 Å². The molecule has 0 radical (unpaired) electrons. The summed E-state index contributed by atoms with van der Waals surface area (Å²) in [6.07, 6.45) is 0.508. The molecule has 2 saturated heterocycles. The van der Waals surface area contributed by atoms with Crippen LogP contribution in [-0.2, 0) is 24.3 Å². The minimum atomic E-state index is -3.80. The lowest BCUT2D eigenvalue weighted by atomic mass is 9.78. The smallest absolute Gasteiger partial charge is 0.310 e. The number of primary sulfonamides is 1. The first kappa shape index (κ1) is 15.9. The van der Waals surface area contributed by atoms with E-state index < -0.39 is 39.8 Å². The van der Waals surface area contributed by atoms with Gasteiger partial charge >= 0.3 is 5.97 Å². The molecule has 4 atom stereocenters. The van der Waals surface area contributed by atoms with Gasteiger partial charge in [0.1, 0.15) is 0 Å². The number of aliphatic carboxylic acids is 1. The average Bonchev–Trinajstić information content (AvgIpc) is 3.07. The van der Waals surface area contributed by atoms with E-state index in [0.29, 0.717) is 18.5 Å². The van der Waals surface area contributed by atoms with Crippen molar-refractivity contribution in [1.29, 1.82) is 0 Å². The molecule has 2 bridgehead atoms. The number of benzene rings is 1. The summed E-state index contributed by atoms with van der Waals surface area (Å²) >= 11 is 0. The Kier molecular flexibility index (Phi) is 3.86. The number of carboxylic acids is 1. The molecule has 0 spiro atoms. The second kappa shape index (κ2) is 5.59. The number of sulfonamides is 1. The molecule has 0 unspecified atom stereocenters. The van der Waals surface area contributed by atoms with E-state index in [9.17, 15) is 23.1 Å². The number of amides is 1. The molecule has 1 aromatic rings. The number of nitrogens with one attached hydrogen (secondary N) is 1. The maximum absolute atomic E-state index is 12.4. The van der Waals surface area contributed by atoms with Gasteiger partial charge in [-0.1, -0.05) is 0 Å². The van der Waals surface area contributed by atoms with Crippen LogP contribution in [0.2, 0.25) is 0 Å². The highest BCUT2D eigenvalue weighted by Gasteiger charge is 2.55. The van der Waals surface area contributed by atoms with Crippen LogP contribution in [0.15, 0.2) is 29.2 Å². The fraction of sp³-hybridized carbons (Fsp3) is 0.429. The molecule has 23 heavy (non-hydrogen) atoms. The third-order valence-electron chi connectivity index (χ3n) is 4.31. The van der Waals surface area contributed by atoms with Crippen LogP contribution in [0.1, 0.15) is 12.8 Å². The summed E-state index contributed by atoms with van der Waals surface area (Å²) < 4.78 is 27.9. The third-order valence-corrected chi connectivity index (χ3v) is 5.24. The highest BCUT2D eigenvalue weighted by Crippen LogP contribution is 2.44. The summed E-state index contributed by atoms with van der Waals surface area (Å²) in [5, 5.41) is 16.9. The molecule has 0 aromatic heterocycles. The van der Waals surface area contributed by atoms with E-state index in [-0.39, 0.29) is 11.0 Å². The standard InChI is InChI=1S/C14H16N2O6S/c15-23(20,21)8-3-1-7(2-4-8)16-13(17)11-9-5-6-10(22-9)12(11)14(18)19/h1-4,9-12H,5-6H2,(H,16,17)(H,18,19)(H2,15,20,21)/t9-,10+,11+,12-/m0/s1. The molecule has 2 aliphatic rings. The van der Waals surface area contributed by atoms with Crippen LogP contribution in [0.25, 0.3) is 0 Å². The Morgan fingerprint density at radius 1 is 1.13 bits per heavy atom. The topological polar surface area (TPSA) is 136 Å². The van der Waals surface area contributed by atoms with Gasteiger partial charge in [-0.25, -0.2) is 13.6 Å². The molecule has 4 N–H and O–H groups in total. The van der Waals surface area contributed by atoms with E-state index in [4.69, 9.17) is 9.88 Å². The summed E-state index contributed by atoms with van der Waals surface area (Å²) in [6.45, 7) is 0. The molecule has 0 aliphatic carbocycles. The first-order valence-electron chi connectivity index (χ1n) is 7.09. The monoisotopic (exact) mass is 340 g/mol. The van der Waals surface area contributed by atoms with Gasteiger partial charge in [-0.15, -0.1) is 0 Å². The number of ether oxygens (including phenoxy) is 1. The lowest BCUT2D eigenvalue weighted by Crippen LogP contribution is -2.40. The molecular weight excluding hydrogens is 324 g/mol. The van der Waals surface area contributed by atoms with Crippen molar-refractivity contribution in [2.45, 2.75) is 29.9 Å². The van der Waals surface area contributed by atoms with Crippen molar-refractivity contribution in [3.8, 4) is 0 Å². The maximum atomic E-state index is 12.4.